The lowest BCUT2D eigenvalue weighted by molar-refractivity contribution is 0.102. The van der Waals surface area contributed by atoms with E-state index in [4.69, 9.17) is 17.4 Å². The lowest BCUT2D eigenvalue weighted by Gasteiger charge is -2.13. The molecule has 0 saturated carbocycles. The van der Waals surface area contributed by atoms with Crippen LogP contribution in [-0.2, 0) is 0 Å². The molecule has 0 saturated heterocycles. The maximum Gasteiger partial charge on any atom is 0.257 e. The largest absolute Gasteiger partial charge is 0.323 e. The number of amides is 1. The van der Waals surface area contributed by atoms with Gasteiger partial charge in [-0.1, -0.05) is 23.2 Å². The van der Waals surface area contributed by atoms with Gasteiger partial charge in [0.05, 0.1) is 22.0 Å². The summed E-state index contributed by atoms with van der Waals surface area (Å²) in [6.45, 7) is 1.86. The molecular weight excluding hydrogens is 361 g/mol. The predicted molar refractivity (Wildman–Crippen MR) is 86.1 cm³/mol. The Bertz CT molecular complexity index is 686. The molecule has 0 bridgehead atoms. The van der Waals surface area contributed by atoms with Gasteiger partial charge in [-0.15, -0.1) is 0 Å². The zero-order chi connectivity index (χ0) is 15.6. The highest BCUT2D eigenvalue weighted by atomic mass is 79.9. The lowest BCUT2D eigenvalue weighted by atomic mass is 10.1. The first-order valence-corrected chi connectivity index (χ1v) is 7.12. The number of hydrogen-bond donors (Lipinski definition) is 3. The number of rotatable bonds is 3. The Labute approximate surface area is 134 Å². The maximum absolute atomic E-state index is 13.2. The normalized spacial score (nSPS) is 10.3. The van der Waals surface area contributed by atoms with Crippen molar-refractivity contribution >= 4 is 44.8 Å². The summed E-state index contributed by atoms with van der Waals surface area (Å²) in [5.74, 6) is 4.50. The molecular formula is C14H12BrClFN3O. The van der Waals surface area contributed by atoms with Gasteiger partial charge in [-0.25, -0.2) is 4.39 Å². The van der Waals surface area contributed by atoms with Crippen molar-refractivity contribution in [2.24, 2.45) is 5.84 Å². The van der Waals surface area contributed by atoms with Crippen molar-refractivity contribution in [2.75, 3.05) is 10.7 Å². The molecule has 4 N–H and O–H groups in total. The number of hydrogen-bond acceptors (Lipinski definition) is 3. The van der Waals surface area contributed by atoms with Crippen molar-refractivity contribution in [1.82, 2.24) is 0 Å². The summed E-state index contributed by atoms with van der Waals surface area (Å²) in [5, 5.41) is 2.75. The third-order valence-electron chi connectivity index (χ3n) is 2.82. The fourth-order valence-electron chi connectivity index (χ4n) is 1.81. The quantitative estimate of drug-likeness (QED) is 0.561. The van der Waals surface area contributed by atoms with Crippen LogP contribution in [0.15, 0.2) is 34.8 Å². The van der Waals surface area contributed by atoms with E-state index in [0.29, 0.717) is 21.4 Å². The maximum atomic E-state index is 13.2. The van der Waals surface area contributed by atoms with Crippen molar-refractivity contribution in [1.29, 1.82) is 0 Å². The molecule has 0 unspecified atom stereocenters. The topological polar surface area (TPSA) is 67.1 Å². The Morgan fingerprint density at radius 3 is 2.67 bits per heavy atom. The highest BCUT2D eigenvalue weighted by Gasteiger charge is 2.15. The van der Waals surface area contributed by atoms with Crippen molar-refractivity contribution in [2.45, 2.75) is 6.92 Å². The molecule has 1 amide bonds. The van der Waals surface area contributed by atoms with Crippen LogP contribution in [0.3, 0.4) is 0 Å². The van der Waals surface area contributed by atoms with Crippen LogP contribution in [0.1, 0.15) is 15.9 Å². The van der Waals surface area contributed by atoms with Crippen molar-refractivity contribution in [3.8, 4) is 0 Å². The number of carbonyl (C=O) groups excluding carboxylic acids is 1. The van der Waals surface area contributed by atoms with E-state index in [-0.39, 0.29) is 5.02 Å². The zero-order valence-electron chi connectivity index (χ0n) is 11.0. The van der Waals surface area contributed by atoms with Gasteiger partial charge in [-0.3, -0.25) is 10.6 Å². The minimum Gasteiger partial charge on any atom is -0.323 e. The second kappa shape index (κ2) is 6.43. The molecule has 2 rings (SSSR count). The summed E-state index contributed by atoms with van der Waals surface area (Å²) < 4.78 is 13.5. The van der Waals surface area contributed by atoms with Crippen molar-refractivity contribution < 1.29 is 9.18 Å². The van der Waals surface area contributed by atoms with Crippen LogP contribution in [0.4, 0.5) is 15.8 Å². The van der Waals surface area contributed by atoms with Gasteiger partial charge in [-0.2, -0.15) is 0 Å². The Morgan fingerprint density at radius 1 is 1.33 bits per heavy atom. The highest BCUT2D eigenvalue weighted by molar-refractivity contribution is 9.10. The molecule has 0 atom stereocenters. The second-order valence-corrected chi connectivity index (χ2v) is 5.65. The molecule has 0 aliphatic carbocycles. The summed E-state index contributed by atoms with van der Waals surface area (Å²) >= 11 is 9.12. The van der Waals surface area contributed by atoms with E-state index < -0.39 is 11.7 Å². The van der Waals surface area contributed by atoms with E-state index in [1.807, 2.05) is 13.0 Å². The number of carbonyl (C=O) groups is 1. The average Bonchev–Trinajstić information content (AvgIpc) is 2.42. The first-order valence-electron chi connectivity index (χ1n) is 5.95. The van der Waals surface area contributed by atoms with Gasteiger partial charge < -0.3 is 10.7 Å². The first-order chi connectivity index (χ1) is 9.92. The molecule has 110 valence electrons. The Morgan fingerprint density at radius 2 is 2.05 bits per heavy atom. The SMILES string of the molecule is Cc1ccc(NN)c(C(=O)Nc2c(Cl)cc(F)cc2Br)c1. The van der Waals surface area contributed by atoms with Gasteiger partial charge in [0.1, 0.15) is 5.82 Å². The zero-order valence-corrected chi connectivity index (χ0v) is 13.3. The van der Waals surface area contributed by atoms with Crippen LogP contribution >= 0.6 is 27.5 Å². The van der Waals surface area contributed by atoms with Gasteiger partial charge in [0.25, 0.3) is 5.91 Å². The van der Waals surface area contributed by atoms with Crippen LogP contribution in [0.5, 0.6) is 0 Å². The average molecular weight is 373 g/mol. The standard InChI is InChI=1S/C14H12BrClFN3O/c1-7-2-3-12(20-18)9(4-7)14(21)19-13-10(15)5-8(17)6-11(13)16/h2-6,20H,18H2,1H3,(H,19,21). The van der Waals surface area contributed by atoms with Crippen LogP contribution in [-0.4, -0.2) is 5.91 Å². The van der Waals surface area contributed by atoms with E-state index in [9.17, 15) is 9.18 Å². The molecule has 2 aromatic rings. The number of nitrogens with two attached hydrogens (primary N) is 1. The van der Waals surface area contributed by atoms with Crippen LogP contribution in [0, 0.1) is 12.7 Å². The molecule has 0 spiro atoms. The molecule has 21 heavy (non-hydrogen) atoms. The predicted octanol–water partition coefficient (Wildman–Crippen LogP) is 4.09. The first kappa shape index (κ1) is 15.8. The smallest absolute Gasteiger partial charge is 0.257 e. The summed E-state index contributed by atoms with van der Waals surface area (Å²) in [6.07, 6.45) is 0. The van der Waals surface area contributed by atoms with Gasteiger partial charge in [0.15, 0.2) is 0 Å². The molecule has 0 aliphatic heterocycles. The molecule has 7 heteroatoms. The monoisotopic (exact) mass is 371 g/mol. The number of hydrazine groups is 1. The number of halogens is 3. The van der Waals surface area contributed by atoms with Gasteiger partial charge in [0, 0.05) is 4.47 Å². The Kier molecular flexibility index (Phi) is 4.82. The number of nitrogen functional groups attached to an aromatic ring is 1. The summed E-state index contributed by atoms with van der Waals surface area (Å²) in [6, 6.07) is 7.56. The third-order valence-corrected chi connectivity index (χ3v) is 3.74. The number of anilines is 2. The lowest BCUT2D eigenvalue weighted by Crippen LogP contribution is -2.18. The molecule has 0 aromatic heterocycles. The fraction of sp³-hybridized carbons (Fsp3) is 0.0714. The second-order valence-electron chi connectivity index (χ2n) is 4.39. The van der Waals surface area contributed by atoms with Gasteiger partial charge >= 0.3 is 0 Å². The van der Waals surface area contributed by atoms with Crippen LogP contribution in [0.2, 0.25) is 5.02 Å². The summed E-state index contributed by atoms with van der Waals surface area (Å²) in [7, 11) is 0. The van der Waals surface area contributed by atoms with E-state index in [2.05, 4.69) is 26.7 Å². The van der Waals surface area contributed by atoms with Crippen LogP contribution in [0.25, 0.3) is 0 Å². The Balaban J connectivity index is 2.37. The minimum absolute atomic E-state index is 0.102. The molecule has 4 nitrogen and oxygen atoms in total. The van der Waals surface area contributed by atoms with Gasteiger partial charge in [-0.05, 0) is 47.1 Å². The van der Waals surface area contributed by atoms with E-state index in [0.717, 1.165) is 11.6 Å². The fourth-order valence-corrected chi connectivity index (χ4v) is 2.71. The molecule has 0 radical (unpaired) electrons. The molecule has 2 aromatic carbocycles. The summed E-state index contributed by atoms with van der Waals surface area (Å²) in [5.41, 5.74) is 4.51. The van der Waals surface area contributed by atoms with E-state index >= 15 is 0 Å². The summed E-state index contributed by atoms with van der Waals surface area (Å²) in [4.78, 5) is 12.4. The molecule has 0 fully saturated rings. The Hall–Kier alpha value is -1.63. The van der Waals surface area contributed by atoms with Crippen molar-refractivity contribution in [3.05, 3.63) is 56.8 Å². The highest BCUT2D eigenvalue weighted by Crippen LogP contribution is 2.32. The number of benzene rings is 2. The van der Waals surface area contributed by atoms with E-state index in [1.54, 1.807) is 12.1 Å². The van der Waals surface area contributed by atoms with Gasteiger partial charge in [0.2, 0.25) is 0 Å². The third kappa shape index (κ3) is 3.53. The number of nitrogens with one attached hydrogen (secondary N) is 2. The van der Waals surface area contributed by atoms with Crippen LogP contribution < -0.4 is 16.6 Å². The minimum atomic E-state index is -0.496. The number of aryl methyl sites for hydroxylation is 1. The van der Waals surface area contributed by atoms with Crippen molar-refractivity contribution in [3.63, 3.8) is 0 Å². The van der Waals surface area contributed by atoms with E-state index in [1.165, 1.54) is 6.07 Å². The molecule has 0 heterocycles. The molecule has 0 aliphatic rings.